The van der Waals surface area contributed by atoms with Crippen LogP contribution in [0.2, 0.25) is 0 Å². The molecule has 1 aliphatic carbocycles. The van der Waals surface area contributed by atoms with Crippen LogP contribution < -0.4 is 5.32 Å². The molecule has 0 unspecified atom stereocenters. The van der Waals surface area contributed by atoms with Gasteiger partial charge in [-0.2, -0.15) is 0 Å². The lowest BCUT2D eigenvalue weighted by molar-refractivity contribution is -0.129. The fourth-order valence-electron chi connectivity index (χ4n) is 3.59. The van der Waals surface area contributed by atoms with Crippen LogP contribution in [0.15, 0.2) is 66.2 Å². The lowest BCUT2D eigenvalue weighted by Crippen LogP contribution is -2.36. The Balaban J connectivity index is 1.53. The molecule has 1 atom stereocenters. The number of rotatable bonds is 8. The molecule has 1 amide bonds. The number of amides is 1. The molecule has 0 bridgehead atoms. The van der Waals surface area contributed by atoms with Crippen LogP contribution in [0, 0.1) is 0 Å². The van der Waals surface area contributed by atoms with Gasteiger partial charge in [0, 0.05) is 6.54 Å². The second kappa shape index (κ2) is 10.6. The Kier molecular flexibility index (Phi) is 7.62. The number of allylic oxidation sites excluding steroid dienone is 1. The molecule has 0 saturated heterocycles. The largest absolute Gasteiger partial charge is 0.449 e. The van der Waals surface area contributed by atoms with Gasteiger partial charge in [0.25, 0.3) is 5.91 Å². The Morgan fingerprint density at radius 3 is 2.55 bits per heavy atom. The molecule has 0 saturated carbocycles. The molecule has 2 aromatic rings. The first kappa shape index (κ1) is 20.8. The van der Waals surface area contributed by atoms with Gasteiger partial charge in [-0.15, -0.1) is 0 Å². The summed E-state index contributed by atoms with van der Waals surface area (Å²) in [6.45, 7) is 2.20. The van der Waals surface area contributed by atoms with E-state index < -0.39 is 12.1 Å². The second-order valence-corrected chi connectivity index (χ2v) is 7.52. The Morgan fingerprint density at radius 2 is 1.79 bits per heavy atom. The van der Waals surface area contributed by atoms with E-state index in [1.165, 1.54) is 18.4 Å². The predicted molar refractivity (Wildman–Crippen MR) is 115 cm³/mol. The van der Waals surface area contributed by atoms with Gasteiger partial charge < -0.3 is 10.1 Å². The zero-order valence-electron chi connectivity index (χ0n) is 17.0. The van der Waals surface area contributed by atoms with Gasteiger partial charge in [-0.05, 0) is 62.6 Å². The Hall–Kier alpha value is -2.88. The molecule has 0 radical (unpaired) electrons. The fraction of sp³-hybridized carbons (Fsp3) is 0.360. The monoisotopic (exact) mass is 391 g/mol. The molecule has 4 heteroatoms. The zero-order valence-corrected chi connectivity index (χ0v) is 17.0. The first-order valence-corrected chi connectivity index (χ1v) is 10.4. The van der Waals surface area contributed by atoms with Crippen molar-refractivity contribution >= 4 is 11.9 Å². The van der Waals surface area contributed by atoms with E-state index >= 15 is 0 Å². The molecule has 0 fully saturated rings. The summed E-state index contributed by atoms with van der Waals surface area (Å²) in [4.78, 5) is 25.0. The Morgan fingerprint density at radius 1 is 1.03 bits per heavy atom. The van der Waals surface area contributed by atoms with Crippen molar-refractivity contribution in [3.8, 4) is 0 Å². The molecule has 152 valence electrons. The van der Waals surface area contributed by atoms with Gasteiger partial charge in [-0.25, -0.2) is 4.79 Å². The fourth-order valence-corrected chi connectivity index (χ4v) is 3.59. The van der Waals surface area contributed by atoms with Crippen LogP contribution in [-0.4, -0.2) is 24.5 Å². The summed E-state index contributed by atoms with van der Waals surface area (Å²) >= 11 is 0. The average Bonchev–Trinajstić information content (AvgIpc) is 2.75. The van der Waals surface area contributed by atoms with Crippen molar-refractivity contribution in [3.63, 3.8) is 0 Å². The van der Waals surface area contributed by atoms with Crippen molar-refractivity contribution in [1.82, 2.24) is 5.32 Å². The smallest absolute Gasteiger partial charge is 0.339 e. The summed E-state index contributed by atoms with van der Waals surface area (Å²) in [5.41, 5.74) is 3.93. The third-order valence-electron chi connectivity index (χ3n) is 5.26. The number of esters is 1. The molecule has 29 heavy (non-hydrogen) atoms. The molecule has 0 aromatic heterocycles. The lowest BCUT2D eigenvalue weighted by Gasteiger charge is -2.16. The normalized spacial score (nSPS) is 14.6. The first-order chi connectivity index (χ1) is 14.1. The van der Waals surface area contributed by atoms with Crippen LogP contribution >= 0.6 is 0 Å². The van der Waals surface area contributed by atoms with Crippen LogP contribution in [0.3, 0.4) is 0 Å². The van der Waals surface area contributed by atoms with E-state index in [1.54, 1.807) is 13.0 Å². The van der Waals surface area contributed by atoms with Gasteiger partial charge in [0.2, 0.25) is 0 Å². The van der Waals surface area contributed by atoms with Crippen molar-refractivity contribution in [2.45, 2.75) is 51.6 Å². The van der Waals surface area contributed by atoms with Gasteiger partial charge in [-0.1, -0.05) is 60.2 Å². The highest BCUT2D eigenvalue weighted by Gasteiger charge is 2.20. The van der Waals surface area contributed by atoms with Crippen molar-refractivity contribution in [2.75, 3.05) is 6.54 Å². The second-order valence-electron chi connectivity index (χ2n) is 7.52. The lowest BCUT2D eigenvalue weighted by atomic mass is 9.97. The van der Waals surface area contributed by atoms with Crippen LogP contribution in [-0.2, 0) is 16.0 Å². The van der Waals surface area contributed by atoms with Crippen LogP contribution in [0.25, 0.3) is 0 Å². The molecular weight excluding hydrogens is 362 g/mol. The highest BCUT2D eigenvalue weighted by atomic mass is 16.5. The first-order valence-electron chi connectivity index (χ1n) is 10.4. The van der Waals surface area contributed by atoms with Gasteiger partial charge in [-0.3, -0.25) is 4.79 Å². The molecule has 3 rings (SSSR count). The molecule has 0 heterocycles. The predicted octanol–water partition coefficient (Wildman–Crippen LogP) is 4.83. The molecule has 4 nitrogen and oxygen atoms in total. The maximum absolute atomic E-state index is 12.7. The van der Waals surface area contributed by atoms with Crippen LogP contribution in [0.5, 0.6) is 0 Å². The minimum atomic E-state index is -0.826. The summed E-state index contributed by atoms with van der Waals surface area (Å²) < 4.78 is 5.45. The number of ether oxygens (including phenoxy) is 1. The molecule has 1 aliphatic rings. The maximum atomic E-state index is 12.7. The van der Waals surface area contributed by atoms with Gasteiger partial charge in [0.1, 0.15) is 0 Å². The van der Waals surface area contributed by atoms with Crippen molar-refractivity contribution < 1.29 is 14.3 Å². The number of nitrogens with one attached hydrogen (secondary N) is 1. The van der Waals surface area contributed by atoms with Crippen molar-refractivity contribution in [3.05, 3.63) is 82.9 Å². The molecule has 1 N–H and O–H groups in total. The average molecular weight is 392 g/mol. The quantitative estimate of drug-likeness (QED) is 0.518. The topological polar surface area (TPSA) is 55.4 Å². The van der Waals surface area contributed by atoms with Gasteiger partial charge in [0.15, 0.2) is 6.10 Å². The summed E-state index contributed by atoms with van der Waals surface area (Å²) in [5.74, 6) is -0.718. The Bertz CT molecular complexity index is 857. The van der Waals surface area contributed by atoms with E-state index in [-0.39, 0.29) is 5.91 Å². The van der Waals surface area contributed by atoms with Crippen LogP contribution in [0.4, 0.5) is 0 Å². The summed E-state index contributed by atoms with van der Waals surface area (Å²) in [7, 11) is 0. The van der Waals surface area contributed by atoms with E-state index in [9.17, 15) is 9.59 Å². The number of carbonyl (C=O) groups excluding carboxylic acids is 2. The summed E-state index contributed by atoms with van der Waals surface area (Å²) in [5, 5.41) is 2.88. The third kappa shape index (κ3) is 6.31. The standard InChI is InChI=1S/C25H29NO3/c1-19(24(27)26-17-16-20-10-4-2-5-11-20)29-25(28)23-15-9-8-14-22(23)18-21-12-6-3-7-13-21/h3,6-10,12-15,19H,2,4-5,11,16-18H2,1H3,(H,26,27)/t19-/m1/s1. The maximum Gasteiger partial charge on any atom is 0.339 e. The molecule has 0 aliphatic heterocycles. The Labute approximate surface area is 173 Å². The highest BCUT2D eigenvalue weighted by Crippen LogP contribution is 2.19. The van der Waals surface area contributed by atoms with E-state index in [1.807, 2.05) is 48.5 Å². The SMILES string of the molecule is C[C@@H](OC(=O)c1ccccc1Cc1ccccc1)C(=O)NCCC1=CCCCC1. The highest BCUT2D eigenvalue weighted by molar-refractivity contribution is 5.93. The van der Waals surface area contributed by atoms with Gasteiger partial charge in [0.05, 0.1) is 5.56 Å². The molecular formula is C25H29NO3. The number of hydrogen-bond acceptors (Lipinski definition) is 3. The summed E-state index contributed by atoms with van der Waals surface area (Å²) in [6.07, 6.45) is 7.72. The minimum absolute atomic E-state index is 0.254. The zero-order chi connectivity index (χ0) is 20.5. The van der Waals surface area contributed by atoms with E-state index in [0.29, 0.717) is 18.5 Å². The number of benzene rings is 2. The van der Waals surface area contributed by atoms with Crippen molar-refractivity contribution in [1.29, 1.82) is 0 Å². The molecule has 2 aromatic carbocycles. The van der Waals surface area contributed by atoms with Crippen LogP contribution in [0.1, 0.15) is 60.5 Å². The van der Waals surface area contributed by atoms with E-state index in [4.69, 9.17) is 4.74 Å². The number of hydrogen-bond donors (Lipinski definition) is 1. The molecule has 0 spiro atoms. The third-order valence-corrected chi connectivity index (χ3v) is 5.26. The number of carbonyl (C=O) groups is 2. The van der Waals surface area contributed by atoms with Crippen molar-refractivity contribution in [2.24, 2.45) is 0 Å². The summed E-state index contributed by atoms with van der Waals surface area (Å²) in [6, 6.07) is 17.4. The van der Waals surface area contributed by atoms with Gasteiger partial charge >= 0.3 is 5.97 Å². The van der Waals surface area contributed by atoms with E-state index in [2.05, 4.69) is 11.4 Å². The minimum Gasteiger partial charge on any atom is -0.449 e. The van der Waals surface area contributed by atoms with E-state index in [0.717, 1.165) is 30.4 Å².